The van der Waals surface area contributed by atoms with Crippen LogP contribution in [-0.2, 0) is 0 Å². The summed E-state index contributed by atoms with van der Waals surface area (Å²) in [5, 5.41) is 18.2. The highest BCUT2D eigenvalue weighted by Gasteiger charge is 2.19. The zero-order valence-corrected chi connectivity index (χ0v) is 11.0. The van der Waals surface area contributed by atoms with Gasteiger partial charge in [0.25, 0.3) is 0 Å². The average molecular weight is 262 g/mol. The number of β-amino-alcohol motifs (C(OH)–C–C–N with tert-alkyl or cyclic N) is 1. The topological polar surface area (TPSA) is 65.7 Å². The van der Waals surface area contributed by atoms with Gasteiger partial charge in [-0.25, -0.2) is 0 Å². The van der Waals surface area contributed by atoms with Crippen LogP contribution in [0.5, 0.6) is 11.5 Å². The minimum atomic E-state index is -0.204. The minimum Gasteiger partial charge on any atom is -0.493 e. The van der Waals surface area contributed by atoms with E-state index < -0.39 is 0 Å². The number of nitrogens with zero attached hydrogens (tertiary/aromatic N) is 2. The normalized spacial score (nSPS) is 19.1. The molecule has 5 heteroatoms. The van der Waals surface area contributed by atoms with E-state index in [0.29, 0.717) is 30.2 Å². The first-order valence-corrected chi connectivity index (χ1v) is 6.34. The first-order chi connectivity index (χ1) is 9.22. The van der Waals surface area contributed by atoms with Gasteiger partial charge in [0.2, 0.25) is 0 Å². The summed E-state index contributed by atoms with van der Waals surface area (Å²) in [5.41, 5.74) is 0.548. The second-order valence-corrected chi connectivity index (χ2v) is 4.57. The largest absolute Gasteiger partial charge is 0.493 e. The van der Waals surface area contributed by atoms with Gasteiger partial charge in [-0.1, -0.05) is 0 Å². The van der Waals surface area contributed by atoms with Crippen LogP contribution >= 0.6 is 0 Å². The molecule has 1 atom stereocenters. The molecule has 1 aliphatic heterocycles. The van der Waals surface area contributed by atoms with Crippen LogP contribution in [-0.4, -0.2) is 49.5 Å². The van der Waals surface area contributed by atoms with Crippen molar-refractivity contribution in [3.8, 4) is 17.6 Å². The van der Waals surface area contributed by atoms with Crippen LogP contribution in [0, 0.1) is 11.3 Å². The molecule has 1 heterocycles. The molecule has 1 saturated heterocycles. The molecule has 0 aromatic heterocycles. The Kier molecular flexibility index (Phi) is 4.61. The summed E-state index contributed by atoms with van der Waals surface area (Å²) in [6.45, 7) is 2.94. The number of aliphatic hydroxyl groups excluding tert-OH is 1. The fourth-order valence-electron chi connectivity index (χ4n) is 2.16. The third kappa shape index (κ3) is 3.60. The van der Waals surface area contributed by atoms with Crippen molar-refractivity contribution in [1.82, 2.24) is 4.90 Å². The van der Waals surface area contributed by atoms with E-state index >= 15 is 0 Å². The van der Waals surface area contributed by atoms with Crippen molar-refractivity contribution >= 4 is 0 Å². The van der Waals surface area contributed by atoms with E-state index in [1.807, 2.05) is 0 Å². The summed E-state index contributed by atoms with van der Waals surface area (Å²) in [6, 6.07) is 7.18. The molecule has 0 spiro atoms. The summed E-state index contributed by atoms with van der Waals surface area (Å²) >= 11 is 0. The van der Waals surface area contributed by atoms with Gasteiger partial charge < -0.3 is 14.6 Å². The molecule has 0 amide bonds. The maximum Gasteiger partial charge on any atom is 0.162 e. The van der Waals surface area contributed by atoms with Crippen molar-refractivity contribution in [1.29, 1.82) is 5.26 Å². The second-order valence-electron chi connectivity index (χ2n) is 4.57. The van der Waals surface area contributed by atoms with Crippen LogP contribution in [0.1, 0.15) is 12.0 Å². The molecule has 102 valence electrons. The predicted octanol–water partition coefficient (Wildman–Crippen LogP) is 1.01. The number of hydrogen-bond acceptors (Lipinski definition) is 5. The lowest BCUT2D eigenvalue weighted by molar-refractivity contribution is 0.166. The van der Waals surface area contributed by atoms with Gasteiger partial charge in [0.05, 0.1) is 24.8 Å². The van der Waals surface area contributed by atoms with Crippen molar-refractivity contribution in [3.63, 3.8) is 0 Å². The molecule has 1 N–H and O–H groups in total. The molecule has 0 saturated carbocycles. The van der Waals surface area contributed by atoms with E-state index in [0.717, 1.165) is 19.5 Å². The Morgan fingerprint density at radius 3 is 2.95 bits per heavy atom. The first kappa shape index (κ1) is 13.7. The standard InChI is InChI=1S/C14H18N2O3/c1-18-14-8-11(9-15)2-3-13(14)19-7-6-16-5-4-12(17)10-16/h2-3,8,12,17H,4-7,10H2,1H3/t12-/m0/s1. The predicted molar refractivity (Wildman–Crippen MR) is 70.3 cm³/mol. The molecule has 1 aromatic carbocycles. The zero-order chi connectivity index (χ0) is 13.7. The monoisotopic (exact) mass is 262 g/mol. The second kappa shape index (κ2) is 6.41. The Morgan fingerprint density at radius 1 is 1.47 bits per heavy atom. The third-order valence-corrected chi connectivity index (χ3v) is 3.21. The zero-order valence-electron chi connectivity index (χ0n) is 11.0. The van der Waals surface area contributed by atoms with Gasteiger partial charge in [0.15, 0.2) is 11.5 Å². The molecule has 0 aliphatic carbocycles. The van der Waals surface area contributed by atoms with Crippen LogP contribution in [0.15, 0.2) is 18.2 Å². The molecular weight excluding hydrogens is 244 g/mol. The van der Waals surface area contributed by atoms with Crippen LogP contribution in [0.3, 0.4) is 0 Å². The van der Waals surface area contributed by atoms with Gasteiger partial charge in [-0.2, -0.15) is 5.26 Å². The number of aliphatic hydroxyl groups is 1. The Balaban J connectivity index is 1.87. The lowest BCUT2D eigenvalue weighted by Crippen LogP contribution is -2.27. The van der Waals surface area contributed by atoms with E-state index in [4.69, 9.17) is 14.7 Å². The minimum absolute atomic E-state index is 0.204. The van der Waals surface area contributed by atoms with Crippen molar-refractivity contribution in [2.45, 2.75) is 12.5 Å². The number of nitriles is 1. The Labute approximate surface area is 113 Å². The molecule has 5 nitrogen and oxygen atoms in total. The van der Waals surface area contributed by atoms with Crippen LogP contribution in [0.2, 0.25) is 0 Å². The lowest BCUT2D eigenvalue weighted by atomic mass is 10.2. The lowest BCUT2D eigenvalue weighted by Gasteiger charge is -2.16. The van der Waals surface area contributed by atoms with E-state index in [1.54, 1.807) is 25.3 Å². The van der Waals surface area contributed by atoms with Gasteiger partial charge in [-0.3, -0.25) is 4.90 Å². The highest BCUT2D eigenvalue weighted by atomic mass is 16.5. The fourth-order valence-corrected chi connectivity index (χ4v) is 2.16. The number of benzene rings is 1. The summed E-state index contributed by atoms with van der Waals surface area (Å²) in [4.78, 5) is 2.17. The molecule has 1 aromatic rings. The Hall–Kier alpha value is -1.77. The van der Waals surface area contributed by atoms with Gasteiger partial charge in [0, 0.05) is 25.7 Å². The number of ether oxygens (including phenoxy) is 2. The summed E-state index contributed by atoms with van der Waals surface area (Å²) in [6.07, 6.45) is 0.629. The Morgan fingerprint density at radius 2 is 2.32 bits per heavy atom. The number of likely N-dealkylation sites (tertiary alicyclic amines) is 1. The third-order valence-electron chi connectivity index (χ3n) is 3.21. The summed E-state index contributed by atoms with van der Waals surface area (Å²) < 4.78 is 10.9. The molecular formula is C14H18N2O3. The smallest absolute Gasteiger partial charge is 0.162 e. The highest BCUT2D eigenvalue weighted by Crippen LogP contribution is 2.27. The van der Waals surface area contributed by atoms with Gasteiger partial charge >= 0.3 is 0 Å². The van der Waals surface area contributed by atoms with E-state index in [2.05, 4.69) is 11.0 Å². The SMILES string of the molecule is COc1cc(C#N)ccc1OCCN1CC[C@H](O)C1. The van der Waals surface area contributed by atoms with E-state index in [-0.39, 0.29) is 6.10 Å². The van der Waals surface area contributed by atoms with Crippen LogP contribution in [0.25, 0.3) is 0 Å². The van der Waals surface area contributed by atoms with Crippen LogP contribution < -0.4 is 9.47 Å². The quantitative estimate of drug-likeness (QED) is 0.858. The van der Waals surface area contributed by atoms with E-state index in [9.17, 15) is 5.11 Å². The maximum atomic E-state index is 9.42. The van der Waals surface area contributed by atoms with Gasteiger partial charge in [0.1, 0.15) is 6.61 Å². The fraction of sp³-hybridized carbons (Fsp3) is 0.500. The molecule has 0 radical (unpaired) electrons. The van der Waals surface area contributed by atoms with Crippen molar-refractivity contribution in [2.24, 2.45) is 0 Å². The van der Waals surface area contributed by atoms with Crippen molar-refractivity contribution in [3.05, 3.63) is 23.8 Å². The number of rotatable bonds is 5. The van der Waals surface area contributed by atoms with Crippen molar-refractivity contribution < 1.29 is 14.6 Å². The van der Waals surface area contributed by atoms with Crippen molar-refractivity contribution in [2.75, 3.05) is 33.4 Å². The molecule has 2 rings (SSSR count). The highest BCUT2D eigenvalue weighted by molar-refractivity contribution is 5.46. The number of methoxy groups -OCH3 is 1. The summed E-state index contributed by atoms with van der Waals surface area (Å²) in [5.74, 6) is 1.21. The van der Waals surface area contributed by atoms with Gasteiger partial charge in [-0.15, -0.1) is 0 Å². The molecule has 0 bridgehead atoms. The first-order valence-electron chi connectivity index (χ1n) is 6.34. The molecule has 1 aliphatic rings. The van der Waals surface area contributed by atoms with Gasteiger partial charge in [-0.05, 0) is 18.6 Å². The van der Waals surface area contributed by atoms with Crippen LogP contribution in [0.4, 0.5) is 0 Å². The maximum absolute atomic E-state index is 9.42. The number of hydrogen-bond donors (Lipinski definition) is 1. The summed E-state index contributed by atoms with van der Waals surface area (Å²) in [7, 11) is 1.56. The Bertz CT molecular complexity index is 470. The molecule has 1 fully saturated rings. The molecule has 19 heavy (non-hydrogen) atoms. The van der Waals surface area contributed by atoms with E-state index in [1.165, 1.54) is 0 Å². The average Bonchev–Trinajstić information content (AvgIpc) is 2.84. The molecule has 0 unspecified atom stereocenters.